The lowest BCUT2D eigenvalue weighted by atomic mass is 10.1. The molecule has 4 aromatic carbocycles. The number of amides is 3. The summed E-state index contributed by atoms with van der Waals surface area (Å²) >= 11 is 2.54. The minimum Gasteiger partial charge on any atom is -0.321 e. The Balaban J connectivity index is 1.40. The van der Waals surface area contributed by atoms with Crippen LogP contribution in [0.3, 0.4) is 0 Å². The molecule has 5 aromatic rings. The summed E-state index contributed by atoms with van der Waals surface area (Å²) in [5, 5.41) is 28.2. The SMILES string of the molecule is Cc1nnc(NC(=O)C(Sc2cccc(NC(=O)/C(=C\c3ccccc3[N+](=O)[O-])NC(=O)c3ccccc3)c2)c2ccccc2)s1. The second-order valence-electron chi connectivity index (χ2n) is 9.70. The Morgan fingerprint density at radius 3 is 2.26 bits per heavy atom. The number of nitro benzene ring substituents is 1. The van der Waals surface area contributed by atoms with Gasteiger partial charge in [0.15, 0.2) is 0 Å². The molecule has 11 nitrogen and oxygen atoms in total. The minimum atomic E-state index is -0.700. The number of benzene rings is 4. The van der Waals surface area contributed by atoms with Crippen molar-refractivity contribution in [3.63, 3.8) is 0 Å². The Hall–Kier alpha value is -5.66. The maximum absolute atomic E-state index is 13.6. The predicted molar refractivity (Wildman–Crippen MR) is 178 cm³/mol. The summed E-state index contributed by atoms with van der Waals surface area (Å²) in [6.07, 6.45) is 1.26. The van der Waals surface area contributed by atoms with E-state index >= 15 is 0 Å². The molecule has 0 aliphatic rings. The number of nitro groups is 1. The fourth-order valence-electron chi connectivity index (χ4n) is 4.27. The second-order valence-corrected chi connectivity index (χ2v) is 12.1. The molecule has 46 heavy (non-hydrogen) atoms. The van der Waals surface area contributed by atoms with Gasteiger partial charge in [-0.15, -0.1) is 22.0 Å². The van der Waals surface area contributed by atoms with Crippen LogP contribution in [0.1, 0.15) is 31.7 Å². The highest BCUT2D eigenvalue weighted by Crippen LogP contribution is 2.37. The van der Waals surface area contributed by atoms with Crippen molar-refractivity contribution in [2.24, 2.45) is 0 Å². The van der Waals surface area contributed by atoms with Crippen molar-refractivity contribution in [1.29, 1.82) is 0 Å². The van der Waals surface area contributed by atoms with E-state index in [2.05, 4.69) is 26.1 Å². The van der Waals surface area contributed by atoms with E-state index in [0.717, 1.165) is 10.6 Å². The number of aromatic nitrogens is 2. The van der Waals surface area contributed by atoms with E-state index in [9.17, 15) is 24.5 Å². The highest BCUT2D eigenvalue weighted by Gasteiger charge is 2.24. The van der Waals surface area contributed by atoms with Crippen LogP contribution in [0.2, 0.25) is 0 Å². The molecule has 13 heteroatoms. The number of anilines is 2. The van der Waals surface area contributed by atoms with E-state index in [-0.39, 0.29) is 22.9 Å². The van der Waals surface area contributed by atoms with E-state index in [1.807, 2.05) is 30.3 Å². The molecule has 1 unspecified atom stereocenters. The summed E-state index contributed by atoms with van der Waals surface area (Å²) < 4.78 is 0. The molecule has 230 valence electrons. The third-order valence-corrected chi connectivity index (χ3v) is 8.41. The van der Waals surface area contributed by atoms with Crippen LogP contribution in [0.4, 0.5) is 16.5 Å². The number of para-hydroxylation sites is 1. The average Bonchev–Trinajstić information content (AvgIpc) is 3.48. The number of rotatable bonds is 11. The molecule has 1 atom stereocenters. The van der Waals surface area contributed by atoms with Crippen molar-refractivity contribution in [3.8, 4) is 0 Å². The van der Waals surface area contributed by atoms with Gasteiger partial charge in [-0.25, -0.2) is 0 Å². The highest BCUT2D eigenvalue weighted by molar-refractivity contribution is 8.00. The lowest BCUT2D eigenvalue weighted by molar-refractivity contribution is -0.385. The molecule has 0 bridgehead atoms. The second kappa shape index (κ2) is 14.9. The molecule has 3 N–H and O–H groups in total. The maximum Gasteiger partial charge on any atom is 0.276 e. The normalized spacial score (nSPS) is 11.7. The summed E-state index contributed by atoms with van der Waals surface area (Å²) in [5.74, 6) is -1.55. The zero-order valence-corrected chi connectivity index (χ0v) is 25.9. The van der Waals surface area contributed by atoms with E-state index in [1.54, 1.807) is 67.6 Å². The molecule has 0 spiro atoms. The van der Waals surface area contributed by atoms with Crippen LogP contribution in [0.25, 0.3) is 6.08 Å². The third kappa shape index (κ3) is 8.28. The number of carbonyl (C=O) groups excluding carboxylic acids is 3. The summed E-state index contributed by atoms with van der Waals surface area (Å²) in [7, 11) is 0. The molecule has 0 radical (unpaired) electrons. The maximum atomic E-state index is 13.6. The fraction of sp³-hybridized carbons (Fsp3) is 0.0606. The van der Waals surface area contributed by atoms with Crippen LogP contribution in [0.15, 0.2) is 120 Å². The van der Waals surface area contributed by atoms with Gasteiger partial charge in [0.1, 0.15) is 16.0 Å². The largest absolute Gasteiger partial charge is 0.321 e. The van der Waals surface area contributed by atoms with Gasteiger partial charge in [0.05, 0.1) is 10.5 Å². The molecule has 5 rings (SSSR count). The van der Waals surface area contributed by atoms with Crippen molar-refractivity contribution < 1.29 is 19.3 Å². The number of aryl methyl sites for hydroxylation is 1. The Morgan fingerprint density at radius 2 is 1.57 bits per heavy atom. The quantitative estimate of drug-likeness (QED) is 0.0622. The van der Waals surface area contributed by atoms with Crippen LogP contribution >= 0.6 is 23.1 Å². The van der Waals surface area contributed by atoms with Crippen LogP contribution < -0.4 is 16.0 Å². The number of thioether (sulfide) groups is 1. The van der Waals surface area contributed by atoms with Gasteiger partial charge in [0, 0.05) is 22.2 Å². The van der Waals surface area contributed by atoms with E-state index in [1.165, 1.54) is 47.4 Å². The number of hydrogen-bond donors (Lipinski definition) is 3. The Morgan fingerprint density at radius 1 is 0.870 bits per heavy atom. The predicted octanol–water partition coefficient (Wildman–Crippen LogP) is 6.64. The monoisotopic (exact) mass is 650 g/mol. The van der Waals surface area contributed by atoms with Gasteiger partial charge >= 0.3 is 0 Å². The van der Waals surface area contributed by atoms with Gasteiger partial charge in [0.25, 0.3) is 17.5 Å². The Labute approximate surface area is 271 Å². The lowest BCUT2D eigenvalue weighted by Crippen LogP contribution is -2.30. The minimum absolute atomic E-state index is 0.137. The Bertz CT molecular complexity index is 1910. The zero-order chi connectivity index (χ0) is 32.5. The smallest absolute Gasteiger partial charge is 0.276 e. The number of nitrogens with one attached hydrogen (secondary N) is 3. The first kappa shape index (κ1) is 31.8. The average molecular weight is 651 g/mol. The van der Waals surface area contributed by atoms with Gasteiger partial charge in [-0.05, 0) is 55.0 Å². The highest BCUT2D eigenvalue weighted by atomic mass is 32.2. The van der Waals surface area contributed by atoms with Crippen LogP contribution in [0.5, 0.6) is 0 Å². The summed E-state index contributed by atoms with van der Waals surface area (Å²) in [6, 6.07) is 30.3. The van der Waals surface area contributed by atoms with Crippen LogP contribution in [0, 0.1) is 17.0 Å². The van der Waals surface area contributed by atoms with Crippen LogP contribution in [-0.4, -0.2) is 32.8 Å². The number of nitrogens with zero attached hydrogens (tertiary/aromatic N) is 3. The molecule has 1 heterocycles. The number of hydrogen-bond acceptors (Lipinski definition) is 9. The molecule has 1 aromatic heterocycles. The molecule has 0 fully saturated rings. The molecule has 0 saturated heterocycles. The van der Waals surface area contributed by atoms with Gasteiger partial charge in [0.2, 0.25) is 11.0 Å². The number of carbonyl (C=O) groups is 3. The van der Waals surface area contributed by atoms with Crippen LogP contribution in [-0.2, 0) is 9.59 Å². The first-order valence-corrected chi connectivity index (χ1v) is 15.5. The standard InChI is InChI=1S/C33H26N6O5S2/c1-21-37-38-33(45-21)36-32(42)29(22-11-4-2-5-12-22)46-26-17-10-16-25(20-26)34-31(41)27(35-30(40)23-13-6-3-7-14-23)19-24-15-8-9-18-28(24)39(43)44/h2-20,29H,1H3,(H,34,41)(H,35,40)(H,36,38,42)/b27-19+. The zero-order valence-electron chi connectivity index (χ0n) is 24.2. The Kier molecular flexibility index (Phi) is 10.3. The molecular formula is C33H26N6O5S2. The molecule has 3 amide bonds. The third-order valence-electron chi connectivity index (χ3n) is 6.40. The topological polar surface area (TPSA) is 156 Å². The summed E-state index contributed by atoms with van der Waals surface area (Å²) in [6.45, 7) is 1.80. The van der Waals surface area contributed by atoms with Gasteiger partial charge in [-0.2, -0.15) is 0 Å². The lowest BCUT2D eigenvalue weighted by Gasteiger charge is -2.17. The van der Waals surface area contributed by atoms with Crippen molar-refractivity contribution >= 4 is 63.4 Å². The molecular weight excluding hydrogens is 625 g/mol. The van der Waals surface area contributed by atoms with Gasteiger partial charge in [-0.1, -0.05) is 78.1 Å². The first-order valence-electron chi connectivity index (χ1n) is 13.8. The van der Waals surface area contributed by atoms with Gasteiger partial charge < -0.3 is 10.6 Å². The molecule has 0 aliphatic carbocycles. The van der Waals surface area contributed by atoms with E-state index < -0.39 is 22.0 Å². The van der Waals surface area contributed by atoms with Crippen molar-refractivity contribution in [2.75, 3.05) is 10.6 Å². The first-order chi connectivity index (χ1) is 22.3. The molecule has 0 aliphatic heterocycles. The fourth-order valence-corrected chi connectivity index (χ4v) is 5.95. The molecule has 0 saturated carbocycles. The summed E-state index contributed by atoms with van der Waals surface area (Å²) in [5.41, 5.74) is 1.15. The van der Waals surface area contributed by atoms with Crippen molar-refractivity contribution in [2.45, 2.75) is 17.1 Å². The van der Waals surface area contributed by atoms with E-state index in [0.29, 0.717) is 21.3 Å². The van der Waals surface area contributed by atoms with Crippen molar-refractivity contribution in [1.82, 2.24) is 15.5 Å². The van der Waals surface area contributed by atoms with Crippen molar-refractivity contribution in [3.05, 3.63) is 147 Å². The van der Waals surface area contributed by atoms with Gasteiger partial charge in [-0.3, -0.25) is 29.8 Å². The summed E-state index contributed by atoms with van der Waals surface area (Å²) in [4.78, 5) is 51.7. The van der Waals surface area contributed by atoms with E-state index in [4.69, 9.17) is 0 Å².